The first kappa shape index (κ1) is 27.8. The molecule has 0 spiro atoms. The zero-order valence-corrected chi connectivity index (χ0v) is 21.5. The Hall–Kier alpha value is -4.26. The van der Waals surface area contributed by atoms with Crippen LogP contribution in [0.2, 0.25) is 5.02 Å². The molecule has 0 aliphatic carbocycles. The first-order chi connectivity index (χ1) is 18.5. The van der Waals surface area contributed by atoms with E-state index in [1.807, 2.05) is 6.92 Å². The molecule has 10 nitrogen and oxygen atoms in total. The largest absolute Gasteiger partial charge is 0.573 e. The maximum absolute atomic E-state index is 13.5. The van der Waals surface area contributed by atoms with Gasteiger partial charge in [-0.3, -0.25) is 18.7 Å². The van der Waals surface area contributed by atoms with Crippen molar-refractivity contribution in [1.82, 2.24) is 24.0 Å². The first-order valence-electron chi connectivity index (χ1n) is 11.7. The molecule has 0 saturated carbocycles. The molecule has 0 fully saturated rings. The molecule has 4 rings (SSSR count). The molecule has 1 amide bonds. The van der Waals surface area contributed by atoms with E-state index in [1.165, 1.54) is 23.7 Å². The summed E-state index contributed by atoms with van der Waals surface area (Å²) in [6, 6.07) is 11.3. The van der Waals surface area contributed by atoms with Crippen molar-refractivity contribution in [3.8, 4) is 17.5 Å². The number of aryl methyl sites for hydroxylation is 1. The summed E-state index contributed by atoms with van der Waals surface area (Å²) in [4.78, 5) is 43.2. The van der Waals surface area contributed by atoms with Gasteiger partial charge < -0.3 is 14.8 Å². The van der Waals surface area contributed by atoms with Gasteiger partial charge in [-0.2, -0.15) is 4.98 Å². The fraction of sp³-hybridized carbons (Fsp3) is 0.280. The number of imidazole rings is 1. The second-order valence-electron chi connectivity index (χ2n) is 8.49. The van der Waals surface area contributed by atoms with Crippen molar-refractivity contribution in [2.75, 3.05) is 6.54 Å². The summed E-state index contributed by atoms with van der Waals surface area (Å²) < 4.78 is 51.1. The maximum atomic E-state index is 13.5. The smallest absolute Gasteiger partial charge is 0.425 e. The summed E-state index contributed by atoms with van der Waals surface area (Å²) in [5, 5.41) is 3.10. The highest BCUT2D eigenvalue weighted by molar-refractivity contribution is 6.30. The highest BCUT2D eigenvalue weighted by Crippen LogP contribution is 2.30. The van der Waals surface area contributed by atoms with Crippen molar-refractivity contribution in [2.45, 2.75) is 32.8 Å². The van der Waals surface area contributed by atoms with Gasteiger partial charge in [-0.25, -0.2) is 9.36 Å². The van der Waals surface area contributed by atoms with Crippen molar-refractivity contribution in [3.05, 3.63) is 80.0 Å². The van der Waals surface area contributed by atoms with Crippen LogP contribution in [0, 0.1) is 0 Å². The molecule has 0 aliphatic rings. The lowest BCUT2D eigenvalue weighted by Gasteiger charge is -2.13. The SMILES string of the molecule is CCCNC(=O)Cn1c(=O)c2c(nc(Oc3cccc(OC(F)(F)F)c3)n2Cc2ccc(Cl)cc2)n(C)c1=O. The standard InChI is InChI=1S/C25H23ClF3N5O5/c1-3-11-30-19(35)14-34-22(36)20-21(32(2)24(34)37)31-23(33(20)13-15-7-9-16(26)10-8-15)38-17-5-4-6-18(12-17)39-25(27,28)29/h4-10,12H,3,11,13-14H2,1-2H3,(H,30,35). The topological polar surface area (TPSA) is 109 Å². The van der Waals surface area contributed by atoms with E-state index in [0.29, 0.717) is 23.6 Å². The molecule has 39 heavy (non-hydrogen) atoms. The molecule has 0 unspecified atom stereocenters. The highest BCUT2D eigenvalue weighted by atomic mass is 35.5. The molecule has 2 aromatic heterocycles. The molecule has 0 radical (unpaired) electrons. The number of hydrogen-bond acceptors (Lipinski definition) is 6. The number of alkyl halides is 3. The Morgan fingerprint density at radius 2 is 1.77 bits per heavy atom. The number of amides is 1. The Balaban J connectivity index is 1.85. The average Bonchev–Trinajstić information content (AvgIpc) is 3.22. The first-order valence-corrected chi connectivity index (χ1v) is 12.1. The summed E-state index contributed by atoms with van der Waals surface area (Å²) in [5.74, 6) is -1.10. The minimum Gasteiger partial charge on any atom is -0.425 e. The van der Waals surface area contributed by atoms with Crippen molar-refractivity contribution in [2.24, 2.45) is 7.05 Å². The third-order valence-electron chi connectivity index (χ3n) is 5.57. The molecule has 2 aromatic carbocycles. The summed E-state index contributed by atoms with van der Waals surface area (Å²) in [6.45, 7) is 1.75. The number of hydrogen-bond donors (Lipinski definition) is 1. The molecule has 1 N–H and O–H groups in total. The number of aromatic nitrogens is 4. The summed E-state index contributed by atoms with van der Waals surface area (Å²) >= 11 is 5.99. The van der Waals surface area contributed by atoms with E-state index in [1.54, 1.807) is 24.3 Å². The molecular weight excluding hydrogens is 543 g/mol. The quantitative estimate of drug-likeness (QED) is 0.330. The third-order valence-corrected chi connectivity index (χ3v) is 5.83. The van der Waals surface area contributed by atoms with Gasteiger partial charge in [-0.15, -0.1) is 13.2 Å². The summed E-state index contributed by atoms with van der Waals surface area (Å²) in [5.41, 5.74) is -0.972. The Bertz CT molecular complexity index is 1630. The molecule has 0 bridgehead atoms. The predicted octanol–water partition coefficient (Wildman–Crippen LogP) is 3.82. The van der Waals surface area contributed by atoms with E-state index in [2.05, 4.69) is 15.0 Å². The molecular formula is C25H23ClF3N5O5. The van der Waals surface area contributed by atoms with E-state index in [9.17, 15) is 27.6 Å². The predicted molar refractivity (Wildman–Crippen MR) is 136 cm³/mol. The fourth-order valence-electron chi connectivity index (χ4n) is 3.79. The van der Waals surface area contributed by atoms with Gasteiger partial charge in [0.1, 0.15) is 18.0 Å². The fourth-order valence-corrected chi connectivity index (χ4v) is 3.92. The van der Waals surface area contributed by atoms with Crippen LogP contribution in [0.25, 0.3) is 11.2 Å². The Morgan fingerprint density at radius 3 is 2.44 bits per heavy atom. The van der Waals surface area contributed by atoms with E-state index >= 15 is 0 Å². The molecule has 0 atom stereocenters. The monoisotopic (exact) mass is 565 g/mol. The van der Waals surface area contributed by atoms with E-state index in [4.69, 9.17) is 16.3 Å². The van der Waals surface area contributed by atoms with Crippen molar-refractivity contribution in [3.63, 3.8) is 0 Å². The van der Waals surface area contributed by atoms with Crippen LogP contribution < -0.4 is 26.0 Å². The number of ether oxygens (including phenoxy) is 2. The second kappa shape index (κ2) is 11.2. The number of nitrogens with zero attached hydrogens (tertiary/aromatic N) is 4. The van der Waals surface area contributed by atoms with Gasteiger partial charge in [0.25, 0.3) is 5.56 Å². The number of rotatable bonds is 9. The summed E-state index contributed by atoms with van der Waals surface area (Å²) in [7, 11) is 1.38. The van der Waals surface area contributed by atoms with Crippen molar-refractivity contribution in [1.29, 1.82) is 0 Å². The number of carbonyl (C=O) groups is 1. The van der Waals surface area contributed by atoms with Crippen LogP contribution in [-0.2, 0) is 24.9 Å². The number of nitrogens with one attached hydrogen (secondary N) is 1. The van der Waals surface area contributed by atoms with Crippen LogP contribution in [0.5, 0.6) is 17.5 Å². The maximum Gasteiger partial charge on any atom is 0.573 e. The van der Waals surface area contributed by atoms with Gasteiger partial charge in [0.15, 0.2) is 11.2 Å². The number of halogens is 4. The lowest BCUT2D eigenvalue weighted by molar-refractivity contribution is -0.274. The van der Waals surface area contributed by atoms with Crippen LogP contribution in [0.4, 0.5) is 13.2 Å². The minimum atomic E-state index is -4.91. The second-order valence-corrected chi connectivity index (χ2v) is 8.92. The Kier molecular flexibility index (Phi) is 8.00. The average molecular weight is 566 g/mol. The van der Waals surface area contributed by atoms with Crippen LogP contribution in [0.15, 0.2) is 58.1 Å². The van der Waals surface area contributed by atoms with Crippen LogP contribution >= 0.6 is 11.6 Å². The number of benzene rings is 2. The molecule has 206 valence electrons. The zero-order valence-electron chi connectivity index (χ0n) is 20.8. The summed E-state index contributed by atoms with van der Waals surface area (Å²) in [6.07, 6.45) is -4.24. The minimum absolute atomic E-state index is 0.0250. The normalized spacial score (nSPS) is 11.5. The van der Waals surface area contributed by atoms with Crippen LogP contribution in [0.3, 0.4) is 0 Å². The van der Waals surface area contributed by atoms with Crippen LogP contribution in [-0.4, -0.2) is 37.5 Å². The Labute approximate surface area is 224 Å². The van der Waals surface area contributed by atoms with E-state index in [0.717, 1.165) is 21.3 Å². The van der Waals surface area contributed by atoms with E-state index in [-0.39, 0.29) is 29.5 Å². The van der Waals surface area contributed by atoms with Gasteiger partial charge in [-0.05, 0) is 36.2 Å². The van der Waals surface area contributed by atoms with Gasteiger partial charge in [0.05, 0.1) is 6.54 Å². The van der Waals surface area contributed by atoms with Gasteiger partial charge in [0.2, 0.25) is 5.91 Å². The molecule has 0 saturated heterocycles. The van der Waals surface area contributed by atoms with E-state index < -0.39 is 35.8 Å². The number of carbonyl (C=O) groups excluding carboxylic acids is 1. The molecule has 4 aromatic rings. The number of fused-ring (bicyclic) bond motifs is 1. The van der Waals surface area contributed by atoms with Gasteiger partial charge in [-0.1, -0.05) is 36.7 Å². The van der Waals surface area contributed by atoms with Gasteiger partial charge >= 0.3 is 18.1 Å². The lowest BCUT2D eigenvalue weighted by Crippen LogP contribution is -2.43. The molecule has 0 aliphatic heterocycles. The third kappa shape index (κ3) is 6.42. The van der Waals surface area contributed by atoms with Crippen molar-refractivity contribution < 1.29 is 27.4 Å². The molecule has 2 heterocycles. The molecule has 14 heteroatoms. The van der Waals surface area contributed by atoms with Crippen LogP contribution in [0.1, 0.15) is 18.9 Å². The van der Waals surface area contributed by atoms with Gasteiger partial charge in [0, 0.05) is 24.7 Å². The zero-order chi connectivity index (χ0) is 28.3. The highest BCUT2D eigenvalue weighted by Gasteiger charge is 2.31. The lowest BCUT2D eigenvalue weighted by atomic mass is 10.2. The van der Waals surface area contributed by atoms with Crippen molar-refractivity contribution >= 4 is 28.7 Å². The Morgan fingerprint density at radius 1 is 1.08 bits per heavy atom.